The molecule has 0 aliphatic heterocycles. The first-order chi connectivity index (χ1) is 32.0. The van der Waals surface area contributed by atoms with Gasteiger partial charge in [-0.1, -0.05) is 249 Å². The van der Waals surface area contributed by atoms with Gasteiger partial charge < -0.3 is 20.3 Å². The van der Waals surface area contributed by atoms with Crippen LogP contribution in [0, 0.1) is 0 Å². The Hall–Kier alpha value is -1.92. The van der Waals surface area contributed by atoms with Crippen LogP contribution >= 0.6 is 0 Å². The average Bonchev–Trinajstić information content (AvgIpc) is 3.31. The number of esters is 1. The molecule has 0 fully saturated rings. The summed E-state index contributed by atoms with van der Waals surface area (Å²) in [5, 5.41) is 23.3. The van der Waals surface area contributed by atoms with E-state index in [2.05, 4.69) is 55.6 Å². The summed E-state index contributed by atoms with van der Waals surface area (Å²) in [7, 11) is 0. The van der Waals surface area contributed by atoms with Crippen molar-refractivity contribution < 1.29 is 24.5 Å². The first kappa shape index (κ1) is 63.1. The lowest BCUT2D eigenvalue weighted by molar-refractivity contribution is -0.143. The van der Waals surface area contributed by atoms with E-state index in [1.165, 1.54) is 199 Å². The second-order valence-electron chi connectivity index (χ2n) is 19.6. The van der Waals surface area contributed by atoms with Crippen LogP contribution in [0.25, 0.3) is 0 Å². The van der Waals surface area contributed by atoms with Crippen molar-refractivity contribution in [1.82, 2.24) is 5.32 Å². The number of hydrogen-bond acceptors (Lipinski definition) is 5. The van der Waals surface area contributed by atoms with Crippen LogP contribution in [0.5, 0.6) is 0 Å². The third-order valence-electron chi connectivity index (χ3n) is 13.2. The van der Waals surface area contributed by atoms with Crippen molar-refractivity contribution in [3.8, 4) is 0 Å². The predicted molar refractivity (Wildman–Crippen MR) is 283 cm³/mol. The van der Waals surface area contributed by atoms with E-state index in [-0.39, 0.29) is 18.5 Å². The largest absolute Gasteiger partial charge is 0.466 e. The number of nitrogens with one attached hydrogen (secondary N) is 1. The fourth-order valence-corrected chi connectivity index (χ4v) is 8.71. The predicted octanol–water partition coefficient (Wildman–Crippen LogP) is 17.6. The summed E-state index contributed by atoms with van der Waals surface area (Å²) in [5.74, 6) is -0.0686. The van der Waals surface area contributed by atoms with Crippen LogP contribution < -0.4 is 5.32 Å². The maximum atomic E-state index is 12.5. The molecular weight excluding hydrogens is 803 g/mol. The highest BCUT2D eigenvalue weighted by atomic mass is 16.5. The maximum Gasteiger partial charge on any atom is 0.305 e. The number of amides is 1. The van der Waals surface area contributed by atoms with Crippen molar-refractivity contribution >= 4 is 11.9 Å². The van der Waals surface area contributed by atoms with Crippen molar-refractivity contribution in [3.63, 3.8) is 0 Å². The third kappa shape index (κ3) is 51.3. The minimum atomic E-state index is -0.676. The van der Waals surface area contributed by atoms with Crippen molar-refractivity contribution in [3.05, 3.63) is 36.5 Å². The molecule has 0 spiro atoms. The monoisotopic (exact) mass is 914 g/mol. The molecule has 382 valence electrons. The number of aliphatic hydroxyl groups is 2. The molecule has 0 aromatic rings. The second-order valence-corrected chi connectivity index (χ2v) is 19.6. The SMILES string of the molecule is CCCC/C=C\C/C=C\CCCCCCCC(=O)OCCCCCCCCC/C=C\CCCCCCCC(=O)NC(CO)C(O)CCCCCCCCCCCCCCCCCCCC. The van der Waals surface area contributed by atoms with Crippen molar-refractivity contribution in [2.75, 3.05) is 13.2 Å². The van der Waals surface area contributed by atoms with Gasteiger partial charge in [-0.05, 0) is 77.0 Å². The summed E-state index contributed by atoms with van der Waals surface area (Å²) >= 11 is 0. The van der Waals surface area contributed by atoms with Gasteiger partial charge in [-0.25, -0.2) is 0 Å². The molecule has 0 saturated carbocycles. The lowest BCUT2D eigenvalue weighted by atomic mass is 10.0. The number of carbonyl (C=O) groups excluding carboxylic acids is 2. The lowest BCUT2D eigenvalue weighted by Crippen LogP contribution is -2.45. The molecule has 0 aromatic heterocycles. The number of aliphatic hydroxyl groups excluding tert-OH is 2. The first-order valence-electron chi connectivity index (χ1n) is 28.7. The number of rotatable bonds is 53. The molecule has 6 heteroatoms. The molecule has 0 radical (unpaired) electrons. The Labute approximate surface area is 404 Å². The van der Waals surface area contributed by atoms with E-state index < -0.39 is 12.1 Å². The van der Waals surface area contributed by atoms with Gasteiger partial charge in [0.05, 0.1) is 25.4 Å². The Balaban J connectivity index is 3.48. The molecule has 65 heavy (non-hydrogen) atoms. The smallest absolute Gasteiger partial charge is 0.305 e. The Kier molecular flexibility index (Phi) is 53.1. The number of hydrogen-bond donors (Lipinski definition) is 3. The van der Waals surface area contributed by atoms with E-state index in [1.54, 1.807) is 0 Å². The van der Waals surface area contributed by atoms with Crippen molar-refractivity contribution in [1.29, 1.82) is 0 Å². The lowest BCUT2D eigenvalue weighted by Gasteiger charge is -2.22. The van der Waals surface area contributed by atoms with Crippen LogP contribution in [-0.4, -0.2) is 47.4 Å². The molecule has 0 aliphatic carbocycles. The zero-order chi connectivity index (χ0) is 47.2. The van der Waals surface area contributed by atoms with E-state index >= 15 is 0 Å². The van der Waals surface area contributed by atoms with Crippen LogP contribution in [0.2, 0.25) is 0 Å². The molecule has 0 bridgehead atoms. The Morgan fingerprint density at radius 1 is 0.431 bits per heavy atom. The van der Waals surface area contributed by atoms with Crippen molar-refractivity contribution in [2.24, 2.45) is 0 Å². The van der Waals surface area contributed by atoms with Crippen LogP contribution in [0.3, 0.4) is 0 Å². The average molecular weight is 915 g/mol. The molecule has 2 unspecified atom stereocenters. The van der Waals surface area contributed by atoms with Crippen LogP contribution in [0.4, 0.5) is 0 Å². The van der Waals surface area contributed by atoms with Gasteiger partial charge >= 0.3 is 5.97 Å². The summed E-state index contributed by atoms with van der Waals surface area (Å²) in [5.41, 5.74) is 0. The van der Waals surface area contributed by atoms with E-state index in [0.29, 0.717) is 25.9 Å². The van der Waals surface area contributed by atoms with Gasteiger partial charge in [0.1, 0.15) is 0 Å². The molecule has 1 amide bonds. The highest BCUT2D eigenvalue weighted by Gasteiger charge is 2.20. The molecule has 0 aromatic carbocycles. The summed E-state index contributed by atoms with van der Waals surface area (Å²) in [4.78, 5) is 24.5. The number of unbranched alkanes of at least 4 members (excludes halogenated alkanes) is 36. The van der Waals surface area contributed by atoms with Gasteiger partial charge in [-0.3, -0.25) is 9.59 Å². The molecule has 2 atom stereocenters. The number of carbonyl (C=O) groups is 2. The Morgan fingerprint density at radius 3 is 1.23 bits per heavy atom. The minimum Gasteiger partial charge on any atom is -0.466 e. The third-order valence-corrected chi connectivity index (χ3v) is 13.2. The van der Waals surface area contributed by atoms with Crippen LogP contribution in [0.15, 0.2) is 36.5 Å². The summed E-state index contributed by atoms with van der Waals surface area (Å²) < 4.78 is 5.46. The molecule has 3 N–H and O–H groups in total. The van der Waals surface area contributed by atoms with Gasteiger partial charge in [0.15, 0.2) is 0 Å². The standard InChI is InChI=1S/C59H111NO5/c1-3-5-7-9-11-13-15-17-19-20-21-24-27-31-35-39-43-47-51-57(62)56(55-61)60-58(63)52-48-44-40-36-32-28-25-22-23-26-30-34-38-42-46-50-54-65-59(64)53-49-45-41-37-33-29-18-16-14-12-10-8-6-4-2/h10,12,16,18,22,25,56-57,61-62H,3-9,11,13-15,17,19-21,23-24,26-55H2,1-2H3,(H,60,63)/b12-10-,18-16-,25-22-. The Morgan fingerprint density at radius 2 is 0.785 bits per heavy atom. The van der Waals surface area contributed by atoms with Crippen LogP contribution in [0.1, 0.15) is 303 Å². The Bertz CT molecular complexity index is 1060. The molecular formula is C59H111NO5. The first-order valence-corrected chi connectivity index (χ1v) is 28.7. The van der Waals surface area contributed by atoms with E-state index in [0.717, 1.165) is 70.6 Å². The second kappa shape index (κ2) is 54.7. The zero-order valence-corrected chi connectivity index (χ0v) is 43.5. The quantitative estimate of drug-likeness (QED) is 0.0321. The van der Waals surface area contributed by atoms with E-state index in [4.69, 9.17) is 4.74 Å². The fourth-order valence-electron chi connectivity index (χ4n) is 8.71. The highest BCUT2D eigenvalue weighted by molar-refractivity contribution is 5.76. The normalized spacial score (nSPS) is 12.9. The molecule has 0 heterocycles. The molecule has 0 aliphatic rings. The number of allylic oxidation sites excluding steroid dienone is 6. The summed E-state index contributed by atoms with van der Waals surface area (Å²) in [6.07, 6.45) is 67.0. The topological polar surface area (TPSA) is 95.9 Å². The van der Waals surface area contributed by atoms with E-state index in [9.17, 15) is 19.8 Å². The van der Waals surface area contributed by atoms with Gasteiger partial charge in [0.2, 0.25) is 5.91 Å². The maximum absolute atomic E-state index is 12.5. The minimum absolute atomic E-state index is 0.0174. The van der Waals surface area contributed by atoms with Gasteiger partial charge in [0, 0.05) is 12.8 Å². The van der Waals surface area contributed by atoms with E-state index in [1.807, 2.05) is 0 Å². The van der Waals surface area contributed by atoms with Crippen LogP contribution in [-0.2, 0) is 14.3 Å². The molecule has 0 saturated heterocycles. The molecule has 0 rings (SSSR count). The van der Waals surface area contributed by atoms with Gasteiger partial charge in [-0.2, -0.15) is 0 Å². The highest BCUT2D eigenvalue weighted by Crippen LogP contribution is 2.17. The summed E-state index contributed by atoms with van der Waals surface area (Å²) in [6, 6.07) is -0.555. The van der Waals surface area contributed by atoms with Gasteiger partial charge in [-0.15, -0.1) is 0 Å². The molecule has 6 nitrogen and oxygen atoms in total. The zero-order valence-electron chi connectivity index (χ0n) is 43.5. The summed E-state index contributed by atoms with van der Waals surface area (Å²) in [6.45, 7) is 4.89. The van der Waals surface area contributed by atoms with Gasteiger partial charge in [0.25, 0.3) is 0 Å². The van der Waals surface area contributed by atoms with Crippen molar-refractivity contribution in [2.45, 2.75) is 315 Å². The number of ether oxygens (including phenoxy) is 1. The fraction of sp³-hybridized carbons (Fsp3) is 0.864.